The molecule has 0 spiro atoms. The highest BCUT2D eigenvalue weighted by Gasteiger charge is 2.51. The second kappa shape index (κ2) is 8.52. The number of urea groups is 1. The highest BCUT2D eigenvalue weighted by molar-refractivity contribution is 5.77. The smallest absolute Gasteiger partial charge is 0.406 e. The molecule has 11 heteroatoms. The maximum absolute atomic E-state index is 13.1. The Morgan fingerprint density at radius 2 is 2.03 bits per heavy atom. The molecule has 3 amide bonds. The third-order valence-corrected chi connectivity index (χ3v) is 6.57. The molecule has 1 aromatic carbocycles. The quantitative estimate of drug-likeness (QED) is 0.680. The molecule has 8 nitrogen and oxygen atoms in total. The number of nitrogens with one attached hydrogen (secondary N) is 1. The summed E-state index contributed by atoms with van der Waals surface area (Å²) >= 11 is 0. The summed E-state index contributed by atoms with van der Waals surface area (Å²) in [5.74, 6) is 0.418. The Bertz CT molecular complexity index is 1080. The van der Waals surface area contributed by atoms with Gasteiger partial charge in [-0.2, -0.15) is 0 Å². The minimum Gasteiger partial charge on any atom is -0.406 e. The Morgan fingerprint density at radius 3 is 2.74 bits per heavy atom. The van der Waals surface area contributed by atoms with Crippen molar-refractivity contribution in [2.75, 3.05) is 6.54 Å². The molecule has 3 atom stereocenters. The Morgan fingerprint density at radius 1 is 1.24 bits per heavy atom. The molecule has 34 heavy (non-hydrogen) atoms. The summed E-state index contributed by atoms with van der Waals surface area (Å²) in [4.78, 5) is 28.9. The molecule has 2 saturated carbocycles. The van der Waals surface area contributed by atoms with Gasteiger partial charge in [0.25, 0.3) is 0 Å². The Hall–Kier alpha value is -3.24. The first-order valence-corrected chi connectivity index (χ1v) is 11.3. The number of alkyl halides is 3. The Kier molecular flexibility index (Phi) is 5.65. The first-order chi connectivity index (χ1) is 16.2. The van der Waals surface area contributed by atoms with Crippen LogP contribution in [0.4, 0.5) is 18.0 Å². The van der Waals surface area contributed by atoms with Gasteiger partial charge in [-0.25, -0.2) is 4.79 Å². The van der Waals surface area contributed by atoms with E-state index >= 15 is 0 Å². The summed E-state index contributed by atoms with van der Waals surface area (Å²) in [7, 11) is 0. The number of piperidine rings is 1. The van der Waals surface area contributed by atoms with Crippen molar-refractivity contribution in [2.24, 2.45) is 5.92 Å². The van der Waals surface area contributed by atoms with Crippen LogP contribution in [0.3, 0.4) is 0 Å². The van der Waals surface area contributed by atoms with E-state index in [-0.39, 0.29) is 42.1 Å². The van der Waals surface area contributed by atoms with E-state index in [1.165, 1.54) is 18.2 Å². The number of hydrogen-bond donors (Lipinski definition) is 1. The number of aromatic nitrogens is 1. The fraction of sp³-hybridized carbons (Fsp3) is 0.522. The molecule has 1 aromatic heterocycles. The fourth-order valence-electron chi connectivity index (χ4n) is 4.83. The lowest BCUT2D eigenvalue weighted by Crippen LogP contribution is -2.55. The average molecular weight is 478 g/mol. The number of carbonyl (C=O) groups excluding carboxylic acids is 2. The lowest BCUT2D eigenvalue weighted by atomic mass is 10.0. The molecule has 1 saturated heterocycles. The monoisotopic (exact) mass is 478 g/mol. The number of amides is 3. The van der Waals surface area contributed by atoms with Crippen molar-refractivity contribution < 1.29 is 32.0 Å². The molecule has 182 valence electrons. The van der Waals surface area contributed by atoms with Gasteiger partial charge in [0.15, 0.2) is 5.76 Å². The zero-order chi connectivity index (χ0) is 24.0. The van der Waals surface area contributed by atoms with E-state index in [1.807, 2.05) is 9.80 Å². The molecule has 5 rings (SSSR count). The summed E-state index contributed by atoms with van der Waals surface area (Å²) in [6.45, 7) is 2.25. The molecule has 1 aliphatic heterocycles. The number of benzene rings is 1. The molecule has 3 aliphatic rings. The van der Waals surface area contributed by atoms with Crippen molar-refractivity contribution in [1.29, 1.82) is 0 Å². The molecule has 2 aliphatic carbocycles. The van der Waals surface area contributed by atoms with Crippen LogP contribution in [-0.2, 0) is 11.3 Å². The number of carbonyl (C=O) groups is 2. The maximum Gasteiger partial charge on any atom is 0.573 e. The Balaban J connectivity index is 1.22. The number of fused-ring (bicyclic) bond motifs is 1. The highest BCUT2D eigenvalue weighted by atomic mass is 19.4. The van der Waals surface area contributed by atoms with Crippen molar-refractivity contribution >= 4 is 11.9 Å². The van der Waals surface area contributed by atoms with Gasteiger partial charge in [-0.1, -0.05) is 17.3 Å². The maximum atomic E-state index is 13.1. The molecule has 2 heterocycles. The summed E-state index contributed by atoms with van der Waals surface area (Å²) < 4.78 is 46.7. The van der Waals surface area contributed by atoms with Crippen LogP contribution in [0.2, 0.25) is 0 Å². The normalized spacial score (nSPS) is 23.8. The number of hydrogen-bond acceptors (Lipinski definition) is 5. The summed E-state index contributed by atoms with van der Waals surface area (Å²) in [6, 6.07) is 7.27. The van der Waals surface area contributed by atoms with Crippen LogP contribution < -0.4 is 10.1 Å². The molecule has 1 N–H and O–H groups in total. The van der Waals surface area contributed by atoms with Gasteiger partial charge in [0.2, 0.25) is 5.91 Å². The number of nitrogens with zero attached hydrogens (tertiary/aromatic N) is 3. The minimum absolute atomic E-state index is 0.00982. The van der Waals surface area contributed by atoms with Gasteiger partial charge < -0.3 is 24.4 Å². The van der Waals surface area contributed by atoms with Crippen LogP contribution in [0, 0.1) is 5.92 Å². The number of ether oxygens (including phenoxy) is 1. The zero-order valence-corrected chi connectivity index (χ0v) is 18.5. The van der Waals surface area contributed by atoms with Gasteiger partial charge in [-0.3, -0.25) is 4.79 Å². The van der Waals surface area contributed by atoms with E-state index in [2.05, 4.69) is 15.2 Å². The van der Waals surface area contributed by atoms with E-state index in [1.54, 1.807) is 19.1 Å². The van der Waals surface area contributed by atoms with Gasteiger partial charge >= 0.3 is 12.4 Å². The number of rotatable bonds is 6. The van der Waals surface area contributed by atoms with Crippen LogP contribution in [0.25, 0.3) is 11.3 Å². The van der Waals surface area contributed by atoms with Gasteiger partial charge in [0.1, 0.15) is 11.4 Å². The fourth-order valence-corrected chi connectivity index (χ4v) is 4.83. The number of likely N-dealkylation sites (tertiary alicyclic amines) is 1. The van der Waals surface area contributed by atoms with Crippen LogP contribution in [0.5, 0.6) is 5.75 Å². The first-order valence-electron chi connectivity index (χ1n) is 11.3. The van der Waals surface area contributed by atoms with E-state index in [4.69, 9.17) is 4.52 Å². The zero-order valence-electron chi connectivity index (χ0n) is 18.5. The second-order valence-electron chi connectivity index (χ2n) is 9.18. The van der Waals surface area contributed by atoms with Crippen LogP contribution in [0.15, 0.2) is 34.9 Å². The molecular weight excluding hydrogens is 453 g/mol. The predicted molar refractivity (Wildman–Crippen MR) is 113 cm³/mol. The van der Waals surface area contributed by atoms with Crippen molar-refractivity contribution in [2.45, 2.75) is 63.6 Å². The average Bonchev–Trinajstić information content (AvgIpc) is 3.69. The third-order valence-electron chi connectivity index (χ3n) is 6.57. The lowest BCUT2D eigenvalue weighted by molar-refractivity contribution is -0.274. The molecular formula is C23H25F3N4O4. The Labute approximate surface area is 194 Å². The van der Waals surface area contributed by atoms with E-state index < -0.39 is 6.36 Å². The molecule has 3 unspecified atom stereocenters. The molecule has 0 radical (unpaired) electrons. The van der Waals surface area contributed by atoms with Crippen molar-refractivity contribution in [3.8, 4) is 17.1 Å². The highest BCUT2D eigenvalue weighted by Crippen LogP contribution is 2.45. The summed E-state index contributed by atoms with van der Waals surface area (Å²) in [6.07, 6.45) is -0.982. The van der Waals surface area contributed by atoms with Gasteiger partial charge in [0, 0.05) is 37.2 Å². The van der Waals surface area contributed by atoms with Crippen LogP contribution in [-0.4, -0.2) is 57.9 Å². The molecule has 0 bridgehead atoms. The van der Waals surface area contributed by atoms with Crippen LogP contribution in [0.1, 0.15) is 38.3 Å². The van der Waals surface area contributed by atoms with Crippen molar-refractivity contribution in [1.82, 2.24) is 20.3 Å². The number of halogens is 3. The summed E-state index contributed by atoms with van der Waals surface area (Å²) in [5.41, 5.74) is 0.814. The van der Waals surface area contributed by atoms with E-state index in [0.29, 0.717) is 29.8 Å². The SMILES string of the molecule is CC(=O)N1CC(N(C(=O)NCc2cc(-c3cccc(OC(F)(F)F)c3)on2)C2CC2)CC2CC21. The second-order valence-corrected chi connectivity index (χ2v) is 9.18. The topological polar surface area (TPSA) is 87.9 Å². The van der Waals surface area contributed by atoms with Crippen molar-refractivity contribution in [3.05, 3.63) is 36.0 Å². The molecule has 3 fully saturated rings. The van der Waals surface area contributed by atoms with E-state index in [9.17, 15) is 22.8 Å². The first kappa shape index (κ1) is 22.5. The van der Waals surface area contributed by atoms with Crippen molar-refractivity contribution in [3.63, 3.8) is 0 Å². The lowest BCUT2D eigenvalue weighted by Gasteiger charge is -2.39. The van der Waals surface area contributed by atoms with Gasteiger partial charge in [0.05, 0.1) is 12.6 Å². The van der Waals surface area contributed by atoms with E-state index in [0.717, 1.165) is 25.7 Å². The third kappa shape index (κ3) is 4.97. The minimum atomic E-state index is -4.79. The standard InChI is InChI=1S/C23H25F3N4O4/c1-13(31)29-12-18(7-15-9-20(15)29)30(17-5-6-17)22(32)27-11-16-10-21(34-28-16)14-3-2-4-19(8-14)33-23(24,25)26/h2-4,8,10,15,17-18,20H,5-7,9,11-12H2,1H3,(H,27,32). The van der Waals surface area contributed by atoms with Gasteiger partial charge in [-0.05, 0) is 43.7 Å². The molecule has 2 aromatic rings. The van der Waals surface area contributed by atoms with Crippen LogP contribution >= 0.6 is 0 Å². The largest absolute Gasteiger partial charge is 0.573 e. The van der Waals surface area contributed by atoms with Gasteiger partial charge in [-0.15, -0.1) is 13.2 Å². The predicted octanol–water partition coefficient (Wildman–Crippen LogP) is 3.92. The summed E-state index contributed by atoms with van der Waals surface area (Å²) in [5, 5.41) is 6.82.